The van der Waals surface area contributed by atoms with Gasteiger partial charge in [0.15, 0.2) is 12.0 Å². The van der Waals surface area contributed by atoms with Crippen LogP contribution in [0.25, 0.3) is 0 Å². The molecule has 0 saturated carbocycles. The Balaban J connectivity index is 2.28. The SMILES string of the molecule is COC1=C(C)C(O)N(C2=NNCC2)C1=O. The number of nitrogens with zero attached hydrogens (tertiary/aromatic N) is 2. The minimum Gasteiger partial charge on any atom is -0.491 e. The number of aliphatic hydroxyl groups excluding tert-OH is 1. The first-order valence-corrected chi connectivity index (χ1v) is 4.72. The summed E-state index contributed by atoms with van der Waals surface area (Å²) in [7, 11) is 1.42. The monoisotopic (exact) mass is 211 g/mol. The molecular formula is C9H13N3O3. The maximum absolute atomic E-state index is 11.8. The number of amidine groups is 1. The maximum atomic E-state index is 11.8. The highest BCUT2D eigenvalue weighted by Gasteiger charge is 2.40. The lowest BCUT2D eigenvalue weighted by Gasteiger charge is -2.20. The first-order valence-electron chi connectivity index (χ1n) is 4.72. The Morgan fingerprint density at radius 3 is 2.87 bits per heavy atom. The predicted molar refractivity (Wildman–Crippen MR) is 52.6 cm³/mol. The highest BCUT2D eigenvalue weighted by Crippen LogP contribution is 2.25. The molecule has 6 nitrogen and oxygen atoms in total. The van der Waals surface area contributed by atoms with Crippen LogP contribution >= 0.6 is 0 Å². The lowest BCUT2D eigenvalue weighted by Crippen LogP contribution is -2.40. The van der Waals surface area contributed by atoms with Crippen molar-refractivity contribution in [2.45, 2.75) is 19.6 Å². The van der Waals surface area contributed by atoms with Crippen LogP contribution in [0, 0.1) is 0 Å². The number of carbonyl (C=O) groups is 1. The highest BCUT2D eigenvalue weighted by molar-refractivity contribution is 6.08. The number of hydrazone groups is 1. The number of ether oxygens (including phenoxy) is 1. The molecule has 2 aliphatic heterocycles. The molecule has 2 heterocycles. The van der Waals surface area contributed by atoms with Crippen LogP contribution in [0.4, 0.5) is 0 Å². The number of rotatable bonds is 1. The smallest absolute Gasteiger partial charge is 0.296 e. The van der Waals surface area contributed by atoms with E-state index in [0.29, 0.717) is 24.4 Å². The Bertz CT molecular complexity index is 362. The zero-order chi connectivity index (χ0) is 11.0. The van der Waals surface area contributed by atoms with Crippen molar-refractivity contribution in [3.63, 3.8) is 0 Å². The summed E-state index contributed by atoms with van der Waals surface area (Å²) in [5.74, 6) is 0.431. The normalized spacial score (nSPS) is 25.8. The fourth-order valence-corrected chi connectivity index (χ4v) is 1.75. The van der Waals surface area contributed by atoms with E-state index < -0.39 is 6.23 Å². The van der Waals surface area contributed by atoms with Crippen molar-refractivity contribution in [3.05, 3.63) is 11.3 Å². The van der Waals surface area contributed by atoms with Gasteiger partial charge in [-0.2, -0.15) is 5.10 Å². The van der Waals surface area contributed by atoms with E-state index >= 15 is 0 Å². The Morgan fingerprint density at radius 2 is 2.40 bits per heavy atom. The van der Waals surface area contributed by atoms with Crippen LogP contribution in [0.3, 0.4) is 0 Å². The fourth-order valence-electron chi connectivity index (χ4n) is 1.75. The molecule has 0 aromatic rings. The summed E-state index contributed by atoms with van der Waals surface area (Å²) >= 11 is 0. The fraction of sp³-hybridized carbons (Fsp3) is 0.556. The molecule has 2 N–H and O–H groups in total. The van der Waals surface area contributed by atoms with Gasteiger partial charge in [-0.3, -0.25) is 9.69 Å². The molecule has 1 amide bonds. The van der Waals surface area contributed by atoms with Crippen molar-refractivity contribution in [1.29, 1.82) is 0 Å². The van der Waals surface area contributed by atoms with Gasteiger partial charge in [-0.1, -0.05) is 0 Å². The molecule has 6 heteroatoms. The van der Waals surface area contributed by atoms with Crippen LogP contribution in [0.15, 0.2) is 16.4 Å². The first kappa shape index (κ1) is 9.97. The highest BCUT2D eigenvalue weighted by atomic mass is 16.5. The topological polar surface area (TPSA) is 74.2 Å². The predicted octanol–water partition coefficient (Wildman–Crippen LogP) is -0.626. The van der Waals surface area contributed by atoms with Gasteiger partial charge in [-0.25, -0.2) is 0 Å². The summed E-state index contributed by atoms with van der Waals surface area (Å²) < 4.78 is 4.95. The molecule has 0 saturated heterocycles. The number of aliphatic hydroxyl groups is 1. The molecule has 0 spiro atoms. The van der Waals surface area contributed by atoms with Crippen LogP contribution in [0.2, 0.25) is 0 Å². The van der Waals surface area contributed by atoms with Gasteiger partial charge < -0.3 is 15.3 Å². The second-order valence-corrected chi connectivity index (χ2v) is 3.45. The molecule has 0 radical (unpaired) electrons. The number of carbonyl (C=O) groups excluding carboxylic acids is 1. The molecule has 0 aliphatic carbocycles. The van der Waals surface area contributed by atoms with Gasteiger partial charge in [0.25, 0.3) is 5.91 Å². The number of hydrogen-bond acceptors (Lipinski definition) is 5. The lowest BCUT2D eigenvalue weighted by atomic mass is 10.3. The molecule has 1 atom stereocenters. The summed E-state index contributed by atoms with van der Waals surface area (Å²) in [6, 6.07) is 0. The second kappa shape index (κ2) is 3.54. The van der Waals surface area contributed by atoms with Crippen LogP contribution in [0.1, 0.15) is 13.3 Å². The lowest BCUT2D eigenvalue weighted by molar-refractivity contribution is -0.128. The minimum atomic E-state index is -0.953. The third kappa shape index (κ3) is 1.37. The third-order valence-electron chi connectivity index (χ3n) is 2.55. The van der Waals surface area contributed by atoms with Gasteiger partial charge in [-0.15, -0.1) is 0 Å². The largest absolute Gasteiger partial charge is 0.491 e. The number of nitrogens with one attached hydrogen (secondary N) is 1. The molecule has 2 rings (SSSR count). The Morgan fingerprint density at radius 1 is 1.67 bits per heavy atom. The molecule has 0 fully saturated rings. The van der Waals surface area contributed by atoms with E-state index in [9.17, 15) is 9.90 Å². The summed E-state index contributed by atoms with van der Waals surface area (Å²) in [5, 5.41) is 13.8. The number of methoxy groups -OCH3 is 1. The molecule has 0 aromatic carbocycles. The van der Waals surface area contributed by atoms with E-state index in [1.54, 1.807) is 6.92 Å². The van der Waals surface area contributed by atoms with Crippen LogP contribution in [-0.2, 0) is 9.53 Å². The van der Waals surface area contributed by atoms with Gasteiger partial charge in [0.2, 0.25) is 0 Å². The molecule has 1 unspecified atom stereocenters. The summed E-state index contributed by atoms with van der Waals surface area (Å²) in [6.45, 7) is 2.36. The van der Waals surface area contributed by atoms with E-state index in [4.69, 9.17) is 4.74 Å². The van der Waals surface area contributed by atoms with E-state index in [2.05, 4.69) is 10.5 Å². The quantitative estimate of drug-likeness (QED) is 0.606. The molecule has 2 aliphatic rings. The van der Waals surface area contributed by atoms with Gasteiger partial charge in [-0.05, 0) is 6.92 Å². The van der Waals surface area contributed by atoms with Crippen LogP contribution in [0.5, 0.6) is 0 Å². The Kier molecular flexibility index (Phi) is 2.36. The summed E-state index contributed by atoms with van der Waals surface area (Å²) in [4.78, 5) is 13.1. The Labute approximate surface area is 87.2 Å². The average Bonchev–Trinajstić information content (AvgIpc) is 2.77. The van der Waals surface area contributed by atoms with Crippen LogP contribution in [-0.4, -0.2) is 41.6 Å². The first-order chi connectivity index (χ1) is 7.16. The standard InChI is InChI=1S/C9H13N3O3/c1-5-7(15-2)9(14)12(8(5)13)6-3-4-10-11-6/h8,10,13H,3-4H2,1-2H3. The van der Waals surface area contributed by atoms with Gasteiger partial charge >= 0.3 is 0 Å². The maximum Gasteiger partial charge on any atom is 0.296 e. The van der Waals surface area contributed by atoms with E-state index in [1.807, 2.05) is 0 Å². The van der Waals surface area contributed by atoms with Crippen molar-refractivity contribution in [1.82, 2.24) is 10.3 Å². The second-order valence-electron chi connectivity index (χ2n) is 3.45. The summed E-state index contributed by atoms with van der Waals surface area (Å²) in [5.41, 5.74) is 3.29. The average molecular weight is 211 g/mol. The van der Waals surface area contributed by atoms with E-state index in [1.165, 1.54) is 12.0 Å². The van der Waals surface area contributed by atoms with E-state index in [0.717, 1.165) is 0 Å². The molecule has 0 aromatic heterocycles. The summed E-state index contributed by atoms with van der Waals surface area (Å²) in [6.07, 6.45) is -0.321. The van der Waals surface area contributed by atoms with Crippen molar-refractivity contribution in [2.24, 2.45) is 5.10 Å². The zero-order valence-corrected chi connectivity index (χ0v) is 8.65. The number of hydrogen-bond donors (Lipinski definition) is 2. The third-order valence-corrected chi connectivity index (χ3v) is 2.55. The van der Waals surface area contributed by atoms with Crippen molar-refractivity contribution in [3.8, 4) is 0 Å². The zero-order valence-electron chi connectivity index (χ0n) is 8.65. The van der Waals surface area contributed by atoms with Crippen molar-refractivity contribution in [2.75, 3.05) is 13.7 Å². The minimum absolute atomic E-state index is 0.206. The molecular weight excluding hydrogens is 198 g/mol. The van der Waals surface area contributed by atoms with Gasteiger partial charge in [0, 0.05) is 18.5 Å². The van der Waals surface area contributed by atoms with E-state index in [-0.39, 0.29) is 11.7 Å². The van der Waals surface area contributed by atoms with Crippen molar-refractivity contribution >= 4 is 11.7 Å². The molecule has 82 valence electrons. The van der Waals surface area contributed by atoms with Gasteiger partial charge in [0.05, 0.1) is 7.11 Å². The number of amides is 1. The molecule has 0 bridgehead atoms. The van der Waals surface area contributed by atoms with Crippen molar-refractivity contribution < 1.29 is 14.6 Å². The van der Waals surface area contributed by atoms with Crippen LogP contribution < -0.4 is 5.43 Å². The Hall–Kier alpha value is -1.56. The molecule has 15 heavy (non-hydrogen) atoms. The van der Waals surface area contributed by atoms with Gasteiger partial charge in [0.1, 0.15) is 5.84 Å².